The van der Waals surface area contributed by atoms with Gasteiger partial charge in [0.2, 0.25) is 0 Å². The standard InChI is InChI=1S/C17H10ClF2N5O.C17H13F2N7O.H4N2.H2O/c18-16-12(20)8-21-17(22-16)14-7-15(13-5-6-26-24-13)25(23-14)9-10-3-1-2-4-11(10)19;18-11-4-2-1-3-10(11)9-26-15(13-5-6-27-25-13)7-14(24-26)17-21-8-12(19)16(22-17)23-20;1-2;/h1-8H,9H2;1-8H,9,20H2,(H,21,22,23);1-2H2;1H2. The van der Waals surface area contributed by atoms with Gasteiger partial charge in [-0.25, -0.2) is 43.3 Å². The molecule has 56 heavy (non-hydrogen) atoms. The average molecular weight is 793 g/mol. The van der Waals surface area contributed by atoms with Crippen LogP contribution in [-0.2, 0) is 13.1 Å². The van der Waals surface area contributed by atoms with Gasteiger partial charge in [0.25, 0.3) is 0 Å². The van der Waals surface area contributed by atoms with Crippen LogP contribution in [-0.4, -0.2) is 55.3 Å². The highest BCUT2D eigenvalue weighted by Crippen LogP contribution is 2.27. The van der Waals surface area contributed by atoms with Crippen LogP contribution in [0.15, 0.2) is 107 Å². The fraction of sp³-hybridized carbons (Fsp3) is 0.0588. The number of benzene rings is 2. The van der Waals surface area contributed by atoms with E-state index in [1.54, 1.807) is 70.0 Å². The molecule has 0 unspecified atom stereocenters. The molecule has 0 saturated carbocycles. The fourth-order valence-electron chi connectivity index (χ4n) is 5.03. The molecule has 22 heteroatoms. The number of aromatic nitrogens is 10. The van der Waals surface area contributed by atoms with Gasteiger partial charge in [-0.1, -0.05) is 58.3 Å². The van der Waals surface area contributed by atoms with E-state index >= 15 is 0 Å². The second-order valence-corrected chi connectivity index (χ2v) is 11.3. The number of hydrogen-bond donors (Lipinski definition) is 4. The van der Waals surface area contributed by atoms with Crippen molar-refractivity contribution in [2.24, 2.45) is 17.5 Å². The lowest BCUT2D eigenvalue weighted by Crippen LogP contribution is -2.11. The number of rotatable bonds is 9. The second kappa shape index (κ2) is 18.4. The molecule has 0 aliphatic rings. The fourth-order valence-corrected chi connectivity index (χ4v) is 5.16. The lowest BCUT2D eigenvalue weighted by atomic mass is 10.2. The van der Waals surface area contributed by atoms with Crippen molar-refractivity contribution >= 4 is 17.4 Å². The molecule has 0 bridgehead atoms. The molecule has 0 amide bonds. The lowest BCUT2D eigenvalue weighted by molar-refractivity contribution is 0.421. The normalized spacial score (nSPS) is 10.5. The molecule has 0 fully saturated rings. The van der Waals surface area contributed by atoms with Crippen LogP contribution in [0, 0.1) is 23.3 Å². The van der Waals surface area contributed by atoms with Crippen LogP contribution in [0.4, 0.5) is 23.4 Å². The molecule has 0 atom stereocenters. The molecule has 288 valence electrons. The van der Waals surface area contributed by atoms with E-state index in [0.29, 0.717) is 45.3 Å². The third kappa shape index (κ3) is 9.06. The minimum Gasteiger partial charge on any atom is -0.412 e. The Labute approximate surface area is 318 Å². The Morgan fingerprint density at radius 2 is 1.09 bits per heavy atom. The number of hydrogen-bond acceptors (Lipinski definition) is 14. The van der Waals surface area contributed by atoms with Crippen molar-refractivity contribution in [3.63, 3.8) is 0 Å². The minimum absolute atomic E-state index is 0. The van der Waals surface area contributed by atoms with Crippen molar-refractivity contribution < 1.29 is 32.1 Å². The van der Waals surface area contributed by atoms with Gasteiger partial charge in [-0.05, 0) is 24.3 Å². The van der Waals surface area contributed by atoms with Crippen LogP contribution in [0.5, 0.6) is 0 Å². The first-order valence-corrected chi connectivity index (χ1v) is 16.1. The maximum absolute atomic E-state index is 14.1. The van der Waals surface area contributed by atoms with Crippen LogP contribution in [0.1, 0.15) is 11.1 Å². The summed E-state index contributed by atoms with van der Waals surface area (Å²) in [5, 5.41) is 16.3. The van der Waals surface area contributed by atoms with Gasteiger partial charge in [0.15, 0.2) is 34.3 Å². The van der Waals surface area contributed by atoms with Crippen LogP contribution >= 0.6 is 11.6 Å². The molecular formula is C34H29ClF4N14O3. The van der Waals surface area contributed by atoms with Gasteiger partial charge in [-0.3, -0.25) is 21.0 Å². The Bertz CT molecular complexity index is 2500. The monoisotopic (exact) mass is 792 g/mol. The van der Waals surface area contributed by atoms with E-state index in [-0.39, 0.29) is 52.8 Å². The van der Waals surface area contributed by atoms with E-state index in [4.69, 9.17) is 26.5 Å². The minimum atomic E-state index is -0.724. The first-order chi connectivity index (χ1) is 26.8. The van der Waals surface area contributed by atoms with Gasteiger partial charge < -0.3 is 19.9 Å². The first kappa shape index (κ1) is 40.3. The molecule has 17 nitrogen and oxygen atoms in total. The summed E-state index contributed by atoms with van der Waals surface area (Å²) in [6.45, 7) is 0.307. The van der Waals surface area contributed by atoms with Gasteiger partial charge in [-0.2, -0.15) is 10.2 Å². The molecule has 0 radical (unpaired) electrons. The predicted octanol–water partition coefficient (Wildman–Crippen LogP) is 4.58. The second-order valence-electron chi connectivity index (χ2n) is 11.0. The zero-order valence-electron chi connectivity index (χ0n) is 28.6. The summed E-state index contributed by atoms with van der Waals surface area (Å²) in [7, 11) is 0. The van der Waals surface area contributed by atoms with Crippen LogP contribution < -0.4 is 23.0 Å². The highest BCUT2D eigenvalue weighted by molar-refractivity contribution is 6.29. The highest BCUT2D eigenvalue weighted by Gasteiger charge is 2.19. The maximum Gasteiger partial charge on any atom is 0.185 e. The van der Waals surface area contributed by atoms with Crippen molar-refractivity contribution in [3.05, 3.63) is 137 Å². The Kier molecular flexibility index (Phi) is 13.2. The van der Waals surface area contributed by atoms with Crippen LogP contribution in [0.3, 0.4) is 0 Å². The number of nitrogens with one attached hydrogen (secondary N) is 1. The van der Waals surface area contributed by atoms with E-state index in [9.17, 15) is 17.6 Å². The topological polar surface area (TPSA) is 261 Å². The van der Waals surface area contributed by atoms with Crippen molar-refractivity contribution in [3.8, 4) is 45.8 Å². The van der Waals surface area contributed by atoms with Crippen molar-refractivity contribution in [2.75, 3.05) is 5.43 Å². The summed E-state index contributed by atoms with van der Waals surface area (Å²) in [6, 6.07) is 19.4. The highest BCUT2D eigenvalue weighted by atomic mass is 35.5. The van der Waals surface area contributed by atoms with E-state index in [1.165, 1.54) is 24.7 Å². The molecule has 0 aliphatic heterocycles. The molecule has 0 aliphatic carbocycles. The van der Waals surface area contributed by atoms with Gasteiger partial charge in [0.1, 0.15) is 46.9 Å². The van der Waals surface area contributed by atoms with E-state index < -0.39 is 11.6 Å². The molecule has 0 spiro atoms. The van der Waals surface area contributed by atoms with Gasteiger partial charge in [0.05, 0.1) is 36.9 Å². The zero-order chi connectivity index (χ0) is 38.9. The van der Waals surface area contributed by atoms with Gasteiger partial charge in [-0.15, -0.1) is 0 Å². The summed E-state index contributed by atoms with van der Waals surface area (Å²) in [6.07, 6.45) is 4.79. The van der Waals surface area contributed by atoms with E-state index in [0.717, 1.165) is 12.4 Å². The Hall–Kier alpha value is -6.91. The molecule has 0 saturated heterocycles. The number of hydrazine groups is 2. The smallest absolute Gasteiger partial charge is 0.185 e. The number of halogens is 5. The number of nitrogens with two attached hydrogens (primary N) is 3. The van der Waals surface area contributed by atoms with E-state index in [2.05, 4.69) is 57.6 Å². The number of nitrogens with zero attached hydrogens (tertiary/aromatic N) is 10. The molecule has 9 N–H and O–H groups in total. The first-order valence-electron chi connectivity index (χ1n) is 15.7. The zero-order valence-corrected chi connectivity index (χ0v) is 29.3. The molecule has 8 rings (SSSR count). The Balaban J connectivity index is 0.000000202. The molecular weight excluding hydrogens is 764 g/mol. The molecule has 8 aromatic rings. The van der Waals surface area contributed by atoms with Crippen molar-refractivity contribution in [2.45, 2.75) is 13.1 Å². The quantitative estimate of drug-likeness (QED) is 0.0675. The van der Waals surface area contributed by atoms with Crippen molar-refractivity contribution in [1.82, 2.24) is 49.8 Å². The SMILES string of the molecule is Fc1ccccc1Cn1nc(-c2ncc(F)c(Cl)n2)cc1-c1ccon1.NN.NNc1nc(-c2cc(-c3ccon3)n(Cc3ccccc3F)n2)ncc1F.O. The molecule has 6 aromatic heterocycles. The summed E-state index contributed by atoms with van der Waals surface area (Å²) < 4.78 is 67.8. The predicted molar refractivity (Wildman–Crippen MR) is 193 cm³/mol. The summed E-state index contributed by atoms with van der Waals surface area (Å²) in [5.41, 5.74) is 5.90. The maximum atomic E-state index is 14.1. The third-order valence-corrected chi connectivity index (χ3v) is 7.82. The Morgan fingerprint density at radius 1 is 0.625 bits per heavy atom. The van der Waals surface area contributed by atoms with Gasteiger partial charge in [0, 0.05) is 23.3 Å². The summed E-state index contributed by atoms with van der Waals surface area (Å²) in [5.74, 6) is 11.3. The molecule has 2 aromatic carbocycles. The Morgan fingerprint density at radius 3 is 1.52 bits per heavy atom. The van der Waals surface area contributed by atoms with Crippen LogP contribution in [0.25, 0.3) is 45.8 Å². The van der Waals surface area contributed by atoms with E-state index in [1.807, 2.05) is 0 Å². The number of nitrogen functional groups attached to an aromatic ring is 1. The molecule has 6 heterocycles. The largest absolute Gasteiger partial charge is 0.412 e. The lowest BCUT2D eigenvalue weighted by Gasteiger charge is -2.06. The summed E-state index contributed by atoms with van der Waals surface area (Å²) >= 11 is 5.72. The third-order valence-electron chi connectivity index (χ3n) is 7.56. The number of anilines is 1. The van der Waals surface area contributed by atoms with Crippen molar-refractivity contribution in [1.29, 1.82) is 0 Å². The summed E-state index contributed by atoms with van der Waals surface area (Å²) in [4.78, 5) is 15.7. The average Bonchev–Trinajstić information content (AvgIpc) is 4.04. The van der Waals surface area contributed by atoms with Crippen LogP contribution in [0.2, 0.25) is 5.15 Å². The van der Waals surface area contributed by atoms with Gasteiger partial charge >= 0.3 is 0 Å².